The van der Waals surface area contributed by atoms with E-state index in [0.29, 0.717) is 12.2 Å². The quantitative estimate of drug-likeness (QED) is 0.834. The van der Waals surface area contributed by atoms with Crippen LogP contribution in [0.2, 0.25) is 0 Å². The number of hydrogen-bond acceptors (Lipinski definition) is 3. The number of aromatic nitrogens is 2. The lowest BCUT2D eigenvalue weighted by Crippen LogP contribution is -2.27. The monoisotopic (exact) mass is 219 g/mol. The first-order valence-corrected chi connectivity index (χ1v) is 5.05. The zero-order valence-corrected chi connectivity index (χ0v) is 9.01. The Hall–Kier alpha value is -2.04. The number of hydrogen-bond donors (Lipinski definition) is 1. The Balaban J connectivity index is 1.83. The molecule has 84 valence electrons. The average Bonchev–Trinajstić information content (AvgIpc) is 2.88. The van der Waals surface area contributed by atoms with E-state index in [1.165, 1.54) is 0 Å². The van der Waals surface area contributed by atoms with E-state index in [1.807, 2.05) is 19.3 Å². The summed E-state index contributed by atoms with van der Waals surface area (Å²) in [5.41, 5.74) is 1.64. The molecule has 0 unspecified atom stereocenters. The average molecular weight is 219 g/mol. The second-order valence-corrected chi connectivity index (χ2v) is 3.54. The number of carbonyl (C=O) groups excluding carboxylic acids is 1. The number of nitrogens with zero attached hydrogens (tertiary/aromatic N) is 2. The zero-order chi connectivity index (χ0) is 11.4. The summed E-state index contributed by atoms with van der Waals surface area (Å²) in [4.78, 5) is 11.7. The molecule has 2 aromatic heterocycles. The van der Waals surface area contributed by atoms with Crippen LogP contribution in [0.25, 0.3) is 0 Å². The van der Waals surface area contributed by atoms with Crippen LogP contribution in [0, 0.1) is 0 Å². The molecule has 0 fully saturated rings. The summed E-state index contributed by atoms with van der Waals surface area (Å²) >= 11 is 0. The van der Waals surface area contributed by atoms with E-state index in [1.54, 1.807) is 23.1 Å². The molecule has 0 radical (unpaired) electrons. The number of amides is 1. The molecule has 0 aliphatic rings. The third kappa shape index (κ3) is 2.31. The molecule has 16 heavy (non-hydrogen) atoms. The second-order valence-electron chi connectivity index (χ2n) is 3.54. The van der Waals surface area contributed by atoms with Crippen LogP contribution >= 0.6 is 0 Å². The predicted octanol–water partition coefficient (Wildman–Crippen LogP) is 0.986. The van der Waals surface area contributed by atoms with Crippen LogP contribution in [-0.2, 0) is 13.5 Å². The summed E-state index contributed by atoms with van der Waals surface area (Å²) in [6.45, 7) is 0.575. The van der Waals surface area contributed by atoms with E-state index in [9.17, 15) is 4.79 Å². The van der Waals surface area contributed by atoms with Crippen molar-refractivity contribution in [2.75, 3.05) is 6.54 Å². The van der Waals surface area contributed by atoms with Gasteiger partial charge in [-0.3, -0.25) is 4.79 Å². The summed E-state index contributed by atoms with van der Waals surface area (Å²) in [5, 5.41) is 6.43. The zero-order valence-electron chi connectivity index (χ0n) is 9.01. The van der Waals surface area contributed by atoms with E-state index in [-0.39, 0.29) is 5.91 Å². The van der Waals surface area contributed by atoms with Crippen molar-refractivity contribution in [3.63, 3.8) is 0 Å². The van der Waals surface area contributed by atoms with Crippen molar-refractivity contribution in [1.29, 1.82) is 0 Å². The standard InChI is InChI=1S/C11H13N3O2/c1-14-6-2-3-10(14)11(15)12-5-4-9-7-13-16-8-9/h2-3,6-8H,4-5H2,1H3,(H,12,15). The Morgan fingerprint density at radius 2 is 2.50 bits per heavy atom. The van der Waals surface area contributed by atoms with Gasteiger partial charge in [-0.15, -0.1) is 0 Å². The van der Waals surface area contributed by atoms with E-state index < -0.39 is 0 Å². The molecule has 0 spiro atoms. The lowest BCUT2D eigenvalue weighted by Gasteiger charge is -2.04. The molecule has 1 amide bonds. The first-order valence-electron chi connectivity index (χ1n) is 5.05. The van der Waals surface area contributed by atoms with Crippen molar-refractivity contribution in [3.8, 4) is 0 Å². The molecule has 2 aromatic rings. The molecule has 0 atom stereocenters. The SMILES string of the molecule is Cn1cccc1C(=O)NCCc1cnoc1. The smallest absolute Gasteiger partial charge is 0.267 e. The van der Waals surface area contributed by atoms with Gasteiger partial charge in [0.25, 0.3) is 5.91 Å². The van der Waals surface area contributed by atoms with Gasteiger partial charge in [0, 0.05) is 25.4 Å². The van der Waals surface area contributed by atoms with Crippen LogP contribution in [-0.4, -0.2) is 22.2 Å². The highest BCUT2D eigenvalue weighted by Crippen LogP contribution is 2.00. The van der Waals surface area contributed by atoms with E-state index in [0.717, 1.165) is 12.0 Å². The highest BCUT2D eigenvalue weighted by atomic mass is 16.5. The van der Waals surface area contributed by atoms with Gasteiger partial charge in [-0.1, -0.05) is 5.16 Å². The summed E-state index contributed by atoms with van der Waals surface area (Å²) in [5.74, 6) is -0.0658. The van der Waals surface area contributed by atoms with Crippen molar-refractivity contribution >= 4 is 5.91 Å². The number of carbonyl (C=O) groups is 1. The maximum absolute atomic E-state index is 11.7. The van der Waals surface area contributed by atoms with Crippen molar-refractivity contribution in [1.82, 2.24) is 15.0 Å². The summed E-state index contributed by atoms with van der Waals surface area (Å²) in [6, 6.07) is 3.63. The van der Waals surface area contributed by atoms with Gasteiger partial charge in [-0.2, -0.15) is 0 Å². The molecule has 0 saturated heterocycles. The highest BCUT2D eigenvalue weighted by molar-refractivity contribution is 5.92. The second kappa shape index (κ2) is 4.65. The Bertz CT molecular complexity index is 459. The van der Waals surface area contributed by atoms with Crippen molar-refractivity contribution in [2.24, 2.45) is 7.05 Å². The molecular formula is C11H13N3O2. The summed E-state index contributed by atoms with van der Waals surface area (Å²) in [7, 11) is 1.84. The van der Waals surface area contributed by atoms with Gasteiger partial charge in [0.15, 0.2) is 0 Å². The molecule has 5 nitrogen and oxygen atoms in total. The molecule has 2 rings (SSSR count). The molecule has 0 aliphatic carbocycles. The van der Waals surface area contributed by atoms with Crippen LogP contribution in [0.1, 0.15) is 16.1 Å². The molecule has 0 bridgehead atoms. The number of aryl methyl sites for hydroxylation is 1. The third-order valence-electron chi connectivity index (χ3n) is 2.36. The fourth-order valence-electron chi connectivity index (χ4n) is 1.46. The highest BCUT2D eigenvalue weighted by Gasteiger charge is 2.07. The largest absolute Gasteiger partial charge is 0.364 e. The molecule has 1 N–H and O–H groups in total. The van der Waals surface area contributed by atoms with E-state index >= 15 is 0 Å². The van der Waals surface area contributed by atoms with Crippen LogP contribution in [0.5, 0.6) is 0 Å². The van der Waals surface area contributed by atoms with Gasteiger partial charge in [0.1, 0.15) is 12.0 Å². The molecular weight excluding hydrogens is 206 g/mol. The van der Waals surface area contributed by atoms with Crippen molar-refractivity contribution < 1.29 is 9.32 Å². The Kier molecular flexibility index (Phi) is 3.05. The van der Waals surface area contributed by atoms with E-state index in [4.69, 9.17) is 4.52 Å². The van der Waals surface area contributed by atoms with Gasteiger partial charge in [-0.05, 0) is 18.6 Å². The van der Waals surface area contributed by atoms with Crippen LogP contribution in [0.4, 0.5) is 0 Å². The van der Waals surface area contributed by atoms with Crippen LogP contribution in [0.15, 0.2) is 35.3 Å². The topological polar surface area (TPSA) is 60.1 Å². The van der Waals surface area contributed by atoms with Gasteiger partial charge in [-0.25, -0.2) is 0 Å². The Morgan fingerprint density at radius 1 is 1.62 bits per heavy atom. The Morgan fingerprint density at radius 3 is 3.12 bits per heavy atom. The molecule has 5 heteroatoms. The third-order valence-corrected chi connectivity index (χ3v) is 2.36. The van der Waals surface area contributed by atoms with Crippen molar-refractivity contribution in [2.45, 2.75) is 6.42 Å². The van der Waals surface area contributed by atoms with E-state index in [2.05, 4.69) is 10.5 Å². The first-order chi connectivity index (χ1) is 7.77. The minimum atomic E-state index is -0.0658. The van der Waals surface area contributed by atoms with Gasteiger partial charge in [0.2, 0.25) is 0 Å². The van der Waals surface area contributed by atoms with Crippen LogP contribution in [0.3, 0.4) is 0 Å². The maximum atomic E-state index is 11.7. The maximum Gasteiger partial charge on any atom is 0.267 e. The van der Waals surface area contributed by atoms with Crippen molar-refractivity contribution in [3.05, 3.63) is 42.0 Å². The normalized spacial score (nSPS) is 10.3. The molecule has 2 heterocycles. The summed E-state index contributed by atoms with van der Waals surface area (Å²) in [6.07, 6.45) is 5.79. The molecule has 0 aromatic carbocycles. The summed E-state index contributed by atoms with van der Waals surface area (Å²) < 4.78 is 6.48. The molecule has 0 aliphatic heterocycles. The minimum Gasteiger partial charge on any atom is -0.364 e. The number of nitrogens with one attached hydrogen (secondary N) is 1. The number of rotatable bonds is 4. The minimum absolute atomic E-state index is 0.0658. The Labute approximate surface area is 93.0 Å². The lowest BCUT2D eigenvalue weighted by molar-refractivity contribution is 0.0946. The first kappa shape index (κ1) is 10.5. The fourth-order valence-corrected chi connectivity index (χ4v) is 1.46. The fraction of sp³-hybridized carbons (Fsp3) is 0.273. The lowest BCUT2D eigenvalue weighted by atomic mass is 10.2. The van der Waals surface area contributed by atoms with Crippen LogP contribution < -0.4 is 5.32 Å². The van der Waals surface area contributed by atoms with Gasteiger partial charge >= 0.3 is 0 Å². The predicted molar refractivity (Wildman–Crippen MR) is 58.0 cm³/mol. The molecule has 0 saturated carbocycles. The van der Waals surface area contributed by atoms with Gasteiger partial charge < -0.3 is 14.4 Å². The van der Waals surface area contributed by atoms with Gasteiger partial charge in [0.05, 0.1) is 6.20 Å².